The van der Waals surface area contributed by atoms with E-state index in [1.807, 2.05) is 97.9 Å². The molecule has 1 unspecified atom stereocenters. The SMILES string of the molecule is COc1ccc(NCCNC(=O)C(Cc2ccc(Oc3ccccc3)cc2)NC(=O)c2cccc(C)c2)cc1. The van der Waals surface area contributed by atoms with Gasteiger partial charge in [-0.1, -0.05) is 48.0 Å². The van der Waals surface area contributed by atoms with Crippen LogP contribution in [-0.4, -0.2) is 38.1 Å². The van der Waals surface area contributed by atoms with E-state index in [-0.39, 0.29) is 11.8 Å². The van der Waals surface area contributed by atoms with Gasteiger partial charge in [0.1, 0.15) is 23.3 Å². The Balaban J connectivity index is 1.38. The van der Waals surface area contributed by atoms with Gasteiger partial charge in [0, 0.05) is 30.8 Å². The number of benzene rings is 4. The third-order valence-electron chi connectivity index (χ3n) is 6.09. The van der Waals surface area contributed by atoms with Gasteiger partial charge in [0.2, 0.25) is 5.91 Å². The molecule has 0 saturated carbocycles. The molecule has 2 amide bonds. The van der Waals surface area contributed by atoms with Crippen molar-refractivity contribution >= 4 is 17.5 Å². The number of para-hydroxylation sites is 1. The van der Waals surface area contributed by atoms with Crippen molar-refractivity contribution < 1.29 is 19.1 Å². The fourth-order valence-electron chi connectivity index (χ4n) is 4.02. The van der Waals surface area contributed by atoms with E-state index in [2.05, 4.69) is 16.0 Å². The van der Waals surface area contributed by atoms with E-state index >= 15 is 0 Å². The molecule has 7 heteroatoms. The quantitative estimate of drug-likeness (QED) is 0.218. The Kier molecular flexibility index (Phi) is 9.56. The van der Waals surface area contributed by atoms with Crippen LogP contribution in [0.4, 0.5) is 5.69 Å². The van der Waals surface area contributed by atoms with E-state index in [1.54, 1.807) is 19.2 Å². The van der Waals surface area contributed by atoms with E-state index in [0.717, 1.165) is 28.3 Å². The van der Waals surface area contributed by atoms with Gasteiger partial charge in [-0.15, -0.1) is 0 Å². The number of hydrogen-bond acceptors (Lipinski definition) is 5. The summed E-state index contributed by atoms with van der Waals surface area (Å²) in [7, 11) is 1.62. The standard InChI is InChI=1S/C32H33N3O4/c1-23-7-6-8-25(21-23)31(36)35-30(32(37)34-20-19-33-26-13-17-27(38-2)18-14-26)22-24-11-15-29(16-12-24)39-28-9-4-3-5-10-28/h3-18,21,30,33H,19-20,22H2,1-2H3,(H,34,37)(H,35,36). The summed E-state index contributed by atoms with van der Waals surface area (Å²) in [6.45, 7) is 2.85. The summed E-state index contributed by atoms with van der Waals surface area (Å²) < 4.78 is 11.0. The fraction of sp³-hybridized carbons (Fsp3) is 0.188. The average Bonchev–Trinajstić information content (AvgIpc) is 2.96. The minimum absolute atomic E-state index is 0.253. The minimum Gasteiger partial charge on any atom is -0.497 e. The van der Waals surface area contributed by atoms with Crippen molar-refractivity contribution in [3.8, 4) is 17.2 Å². The second-order valence-electron chi connectivity index (χ2n) is 9.11. The van der Waals surface area contributed by atoms with Gasteiger partial charge >= 0.3 is 0 Å². The number of aryl methyl sites for hydroxylation is 1. The summed E-state index contributed by atoms with van der Waals surface area (Å²) in [5, 5.41) is 9.13. The van der Waals surface area contributed by atoms with Crippen molar-refractivity contribution in [3.63, 3.8) is 0 Å². The maximum absolute atomic E-state index is 13.2. The van der Waals surface area contributed by atoms with Gasteiger partial charge in [0.05, 0.1) is 7.11 Å². The lowest BCUT2D eigenvalue weighted by Crippen LogP contribution is -2.48. The van der Waals surface area contributed by atoms with Gasteiger partial charge in [-0.2, -0.15) is 0 Å². The van der Waals surface area contributed by atoms with Crippen LogP contribution in [0, 0.1) is 6.92 Å². The van der Waals surface area contributed by atoms with Crippen LogP contribution in [0.3, 0.4) is 0 Å². The molecule has 0 aliphatic heterocycles. The zero-order valence-corrected chi connectivity index (χ0v) is 22.1. The van der Waals surface area contributed by atoms with Crippen LogP contribution >= 0.6 is 0 Å². The molecule has 200 valence electrons. The molecule has 7 nitrogen and oxygen atoms in total. The second kappa shape index (κ2) is 13.7. The molecule has 0 heterocycles. The maximum atomic E-state index is 13.2. The molecular weight excluding hydrogens is 490 g/mol. The molecule has 39 heavy (non-hydrogen) atoms. The van der Waals surface area contributed by atoms with Crippen molar-refractivity contribution in [2.75, 3.05) is 25.5 Å². The summed E-state index contributed by atoms with van der Waals surface area (Å²) in [4.78, 5) is 26.2. The monoisotopic (exact) mass is 523 g/mol. The number of amides is 2. The number of nitrogens with one attached hydrogen (secondary N) is 3. The molecule has 0 spiro atoms. The number of anilines is 1. The first-order valence-corrected chi connectivity index (χ1v) is 12.8. The highest BCUT2D eigenvalue weighted by molar-refractivity contribution is 5.97. The van der Waals surface area contributed by atoms with Crippen LogP contribution in [0.2, 0.25) is 0 Å². The largest absolute Gasteiger partial charge is 0.497 e. The second-order valence-corrected chi connectivity index (χ2v) is 9.11. The molecule has 0 aromatic heterocycles. The van der Waals surface area contributed by atoms with Gasteiger partial charge in [0.25, 0.3) is 5.91 Å². The van der Waals surface area contributed by atoms with Crippen molar-refractivity contribution in [1.29, 1.82) is 0 Å². The molecule has 0 aliphatic carbocycles. The highest BCUT2D eigenvalue weighted by Crippen LogP contribution is 2.21. The first-order chi connectivity index (χ1) is 19.0. The lowest BCUT2D eigenvalue weighted by Gasteiger charge is -2.19. The van der Waals surface area contributed by atoms with Crippen LogP contribution in [0.25, 0.3) is 0 Å². The Morgan fingerprint density at radius 3 is 2.15 bits per heavy atom. The average molecular weight is 524 g/mol. The summed E-state index contributed by atoms with van der Waals surface area (Å²) in [6.07, 6.45) is 0.334. The number of ether oxygens (including phenoxy) is 2. The van der Waals surface area contributed by atoms with Crippen molar-refractivity contribution in [1.82, 2.24) is 10.6 Å². The third kappa shape index (κ3) is 8.36. The highest BCUT2D eigenvalue weighted by atomic mass is 16.5. The van der Waals surface area contributed by atoms with Crippen molar-refractivity contribution in [3.05, 3.63) is 120 Å². The Hall–Kier alpha value is -4.78. The normalized spacial score (nSPS) is 11.2. The number of rotatable bonds is 12. The lowest BCUT2D eigenvalue weighted by molar-refractivity contribution is -0.122. The first-order valence-electron chi connectivity index (χ1n) is 12.8. The molecule has 0 saturated heterocycles. The molecule has 0 bridgehead atoms. The first kappa shape index (κ1) is 27.3. The van der Waals surface area contributed by atoms with Gasteiger partial charge in [-0.25, -0.2) is 0 Å². The smallest absolute Gasteiger partial charge is 0.251 e. The Labute approximate surface area is 229 Å². The number of carbonyl (C=O) groups is 2. The van der Waals surface area contributed by atoms with Crippen LogP contribution in [0.15, 0.2) is 103 Å². The number of carbonyl (C=O) groups excluding carboxylic acids is 2. The predicted octanol–water partition coefficient (Wildman–Crippen LogP) is 5.37. The van der Waals surface area contributed by atoms with E-state index < -0.39 is 6.04 Å². The van der Waals surface area contributed by atoms with E-state index in [1.165, 1.54) is 0 Å². The van der Waals surface area contributed by atoms with Crippen LogP contribution in [-0.2, 0) is 11.2 Å². The highest BCUT2D eigenvalue weighted by Gasteiger charge is 2.22. The van der Waals surface area contributed by atoms with Crippen LogP contribution in [0.5, 0.6) is 17.2 Å². The van der Waals surface area contributed by atoms with Crippen molar-refractivity contribution in [2.45, 2.75) is 19.4 Å². The molecule has 0 fully saturated rings. The minimum atomic E-state index is -0.750. The molecule has 4 aromatic rings. The van der Waals surface area contributed by atoms with E-state index in [4.69, 9.17) is 9.47 Å². The predicted molar refractivity (Wildman–Crippen MR) is 154 cm³/mol. The number of methoxy groups -OCH3 is 1. The van der Waals surface area contributed by atoms with Gasteiger partial charge in [-0.05, 0) is 73.2 Å². The fourth-order valence-corrected chi connectivity index (χ4v) is 4.02. The molecule has 4 rings (SSSR count). The topological polar surface area (TPSA) is 88.7 Å². The lowest BCUT2D eigenvalue weighted by atomic mass is 10.0. The van der Waals surface area contributed by atoms with E-state index in [0.29, 0.717) is 30.8 Å². The van der Waals surface area contributed by atoms with Gasteiger partial charge in [-0.3, -0.25) is 9.59 Å². The molecule has 1 atom stereocenters. The summed E-state index contributed by atoms with van der Waals surface area (Å²) in [5.41, 5.74) is 3.31. The van der Waals surface area contributed by atoms with E-state index in [9.17, 15) is 9.59 Å². The molecule has 0 aliphatic rings. The molecule has 3 N–H and O–H groups in total. The zero-order chi connectivity index (χ0) is 27.5. The Morgan fingerprint density at radius 1 is 0.769 bits per heavy atom. The zero-order valence-electron chi connectivity index (χ0n) is 22.1. The van der Waals surface area contributed by atoms with Gasteiger partial charge < -0.3 is 25.4 Å². The number of hydrogen-bond donors (Lipinski definition) is 3. The summed E-state index contributed by atoms with van der Waals surface area (Å²) in [5.74, 6) is 1.67. The molecule has 0 radical (unpaired) electrons. The molecule has 4 aromatic carbocycles. The van der Waals surface area contributed by atoms with Crippen LogP contribution in [0.1, 0.15) is 21.5 Å². The summed E-state index contributed by atoms with van der Waals surface area (Å²) >= 11 is 0. The maximum Gasteiger partial charge on any atom is 0.251 e. The van der Waals surface area contributed by atoms with Crippen LogP contribution < -0.4 is 25.4 Å². The van der Waals surface area contributed by atoms with Crippen molar-refractivity contribution in [2.24, 2.45) is 0 Å². The Morgan fingerprint density at radius 2 is 1.46 bits per heavy atom. The summed E-state index contributed by atoms with van der Waals surface area (Å²) in [6, 6.07) is 31.2. The molecular formula is C32H33N3O4. The third-order valence-corrected chi connectivity index (χ3v) is 6.09. The van der Waals surface area contributed by atoms with Gasteiger partial charge in [0.15, 0.2) is 0 Å². The Bertz CT molecular complexity index is 1360.